The van der Waals surface area contributed by atoms with E-state index in [2.05, 4.69) is 0 Å². The molecule has 0 saturated carbocycles. The first-order chi connectivity index (χ1) is 16.8. The number of nitrogens with two attached hydrogens (primary N) is 2. The number of benzene rings is 4. The van der Waals surface area contributed by atoms with Gasteiger partial charge in [0.05, 0.1) is 16.5 Å². The van der Waals surface area contributed by atoms with Gasteiger partial charge in [-0.3, -0.25) is 0 Å². The Morgan fingerprint density at radius 2 is 1.29 bits per heavy atom. The Morgan fingerprint density at radius 3 is 1.91 bits per heavy atom. The van der Waals surface area contributed by atoms with Crippen LogP contribution < -0.4 is 16.4 Å². The molecule has 2 unspecified atom stereocenters. The summed E-state index contributed by atoms with van der Waals surface area (Å²) in [5, 5.41) is 26.4. The molecule has 0 aliphatic heterocycles. The van der Waals surface area contributed by atoms with Crippen molar-refractivity contribution < 1.29 is 19.0 Å². The third-order valence-electron chi connectivity index (χ3n) is 6.89. The number of aliphatic hydroxyl groups is 2. The van der Waals surface area contributed by atoms with Gasteiger partial charge in [-0.05, 0) is 37.3 Å². The molecule has 0 fully saturated rings. The number of hydrogen-bond acceptors (Lipinski definition) is 7. The van der Waals surface area contributed by atoms with Gasteiger partial charge in [-0.15, -0.1) is 0 Å². The molecule has 2 heterocycles. The van der Waals surface area contributed by atoms with E-state index >= 15 is 0 Å². The summed E-state index contributed by atoms with van der Waals surface area (Å²) < 4.78 is 12.2. The minimum Gasteiger partial charge on any atom is -0.456 e. The van der Waals surface area contributed by atoms with Crippen molar-refractivity contribution in [2.45, 2.75) is 18.8 Å². The lowest BCUT2D eigenvalue weighted by Crippen LogP contribution is -2.48. The van der Waals surface area contributed by atoms with E-state index in [1.54, 1.807) is 43.1 Å². The molecule has 0 aliphatic rings. The van der Waals surface area contributed by atoms with Crippen molar-refractivity contribution in [1.29, 1.82) is 0 Å². The zero-order chi connectivity index (χ0) is 24.5. The van der Waals surface area contributed by atoms with Gasteiger partial charge in [-0.2, -0.15) is 0 Å². The minimum absolute atomic E-state index is 0.425. The number of hydrogen-bond donors (Lipinski definition) is 4. The van der Waals surface area contributed by atoms with Crippen LogP contribution in [0.2, 0.25) is 0 Å². The predicted molar refractivity (Wildman–Crippen MR) is 140 cm³/mol. The molecule has 0 amide bonds. The monoisotopic (exact) mass is 467 g/mol. The van der Waals surface area contributed by atoms with Gasteiger partial charge in [0.25, 0.3) is 0 Å². The van der Waals surface area contributed by atoms with Gasteiger partial charge in [-0.25, -0.2) is 0 Å². The first-order valence-corrected chi connectivity index (χ1v) is 11.3. The lowest BCUT2D eigenvalue weighted by molar-refractivity contribution is -0.0646. The Balaban J connectivity index is 1.50. The zero-order valence-electron chi connectivity index (χ0n) is 19.3. The maximum absolute atomic E-state index is 11.7. The molecule has 6 aromatic rings. The number of nitrogens with zero attached hydrogens (tertiary/aromatic N) is 1. The third kappa shape index (κ3) is 2.99. The zero-order valence-corrected chi connectivity index (χ0v) is 19.3. The third-order valence-corrected chi connectivity index (χ3v) is 6.89. The van der Waals surface area contributed by atoms with Crippen molar-refractivity contribution in [1.82, 2.24) is 0 Å². The van der Waals surface area contributed by atoms with E-state index < -0.39 is 11.8 Å². The SMILES string of the molecule is CN(c1ccc(N)c2c1oc1ccccc12)C(O)C(C)(O)c1ccc(N)c2c1oc1ccccc12. The molecule has 4 aromatic carbocycles. The molecular formula is C28H25N3O4. The molecule has 2 atom stereocenters. The topological polar surface area (TPSA) is 122 Å². The van der Waals surface area contributed by atoms with Gasteiger partial charge in [0.15, 0.2) is 11.8 Å². The van der Waals surface area contributed by atoms with E-state index in [4.69, 9.17) is 20.3 Å². The van der Waals surface area contributed by atoms with Gasteiger partial charge in [0, 0.05) is 34.8 Å². The molecule has 7 heteroatoms. The fourth-order valence-electron chi connectivity index (χ4n) is 5.02. The van der Waals surface area contributed by atoms with E-state index in [1.807, 2.05) is 48.5 Å². The van der Waals surface area contributed by atoms with Crippen molar-refractivity contribution >= 4 is 60.9 Å². The van der Waals surface area contributed by atoms with Crippen LogP contribution in [0.25, 0.3) is 43.9 Å². The molecule has 35 heavy (non-hydrogen) atoms. The van der Waals surface area contributed by atoms with Crippen molar-refractivity contribution in [2.75, 3.05) is 23.4 Å². The van der Waals surface area contributed by atoms with Gasteiger partial charge in [0.2, 0.25) is 0 Å². The molecule has 7 nitrogen and oxygen atoms in total. The van der Waals surface area contributed by atoms with Crippen LogP contribution in [-0.4, -0.2) is 23.5 Å². The first-order valence-electron chi connectivity index (χ1n) is 11.3. The molecule has 2 aromatic heterocycles. The lowest BCUT2D eigenvalue weighted by atomic mass is 9.91. The molecule has 6 rings (SSSR count). The Kier molecular flexibility index (Phi) is 4.51. The van der Waals surface area contributed by atoms with Crippen molar-refractivity contribution in [3.8, 4) is 0 Å². The summed E-state index contributed by atoms with van der Waals surface area (Å²) in [5.74, 6) is 0. The maximum Gasteiger partial charge on any atom is 0.160 e. The van der Waals surface area contributed by atoms with E-state index in [9.17, 15) is 10.2 Å². The van der Waals surface area contributed by atoms with Crippen molar-refractivity contribution in [3.63, 3.8) is 0 Å². The molecule has 0 spiro atoms. The molecule has 0 saturated heterocycles. The van der Waals surface area contributed by atoms with Crippen molar-refractivity contribution in [2.24, 2.45) is 0 Å². The van der Waals surface area contributed by atoms with E-state index in [0.717, 1.165) is 16.2 Å². The average molecular weight is 468 g/mol. The molecule has 0 aliphatic carbocycles. The number of para-hydroxylation sites is 2. The van der Waals surface area contributed by atoms with Crippen LogP contribution in [-0.2, 0) is 5.60 Å². The number of nitrogen functional groups attached to an aromatic ring is 2. The Bertz CT molecular complexity index is 1750. The minimum atomic E-state index is -1.73. The quantitative estimate of drug-likeness (QED) is 0.205. The number of anilines is 3. The molecular weight excluding hydrogens is 442 g/mol. The predicted octanol–water partition coefficient (Wildman–Crippen LogP) is 5.31. The molecule has 176 valence electrons. The summed E-state index contributed by atoms with van der Waals surface area (Å²) in [6.45, 7) is 1.56. The molecule has 6 N–H and O–H groups in total. The highest BCUT2D eigenvalue weighted by molar-refractivity contribution is 6.14. The number of rotatable bonds is 4. The summed E-state index contributed by atoms with van der Waals surface area (Å²) in [5.41, 5.74) is 15.3. The second kappa shape index (κ2) is 7.40. The highest BCUT2D eigenvalue weighted by atomic mass is 16.4. The fourth-order valence-corrected chi connectivity index (χ4v) is 5.02. The summed E-state index contributed by atoms with van der Waals surface area (Å²) in [6.07, 6.45) is -1.36. The normalized spacial score (nSPS) is 14.6. The van der Waals surface area contributed by atoms with E-state index in [0.29, 0.717) is 50.3 Å². The maximum atomic E-state index is 11.7. The van der Waals surface area contributed by atoms with Crippen LogP contribution in [0, 0.1) is 0 Å². The standard InChI is InChI=1S/C28H25N3O4/c1-28(33,17-11-12-18(29)23-15-7-3-5-9-21(15)34-25(17)23)27(32)31(2)20-14-13-19(30)24-16-8-4-6-10-22(16)35-26(20)24/h3-14,27,32-33H,29-30H2,1-2H3. The number of likely N-dealkylation sites (N-methyl/N-ethyl adjacent to an activating group) is 1. The first kappa shape index (κ1) is 21.3. The summed E-state index contributed by atoms with van der Waals surface area (Å²) in [6, 6.07) is 22.2. The van der Waals surface area contributed by atoms with Crippen LogP contribution in [0.5, 0.6) is 0 Å². The van der Waals surface area contributed by atoms with Crippen LogP contribution in [0.4, 0.5) is 17.1 Å². The van der Waals surface area contributed by atoms with Crippen LogP contribution in [0.1, 0.15) is 12.5 Å². The summed E-state index contributed by atoms with van der Waals surface area (Å²) in [7, 11) is 1.70. The van der Waals surface area contributed by atoms with E-state index in [-0.39, 0.29) is 0 Å². The number of aliphatic hydroxyl groups excluding tert-OH is 1. The van der Waals surface area contributed by atoms with E-state index in [1.165, 1.54) is 0 Å². The fraction of sp³-hybridized carbons (Fsp3) is 0.143. The Morgan fingerprint density at radius 1 is 0.771 bits per heavy atom. The Hall–Kier alpha value is -4.20. The van der Waals surface area contributed by atoms with Gasteiger partial charge >= 0.3 is 0 Å². The highest BCUT2D eigenvalue weighted by Crippen LogP contribution is 2.43. The van der Waals surface area contributed by atoms with Crippen molar-refractivity contribution in [3.05, 3.63) is 78.4 Å². The summed E-state index contributed by atoms with van der Waals surface area (Å²) in [4.78, 5) is 1.58. The summed E-state index contributed by atoms with van der Waals surface area (Å²) >= 11 is 0. The largest absolute Gasteiger partial charge is 0.456 e. The average Bonchev–Trinajstić information content (AvgIpc) is 3.43. The van der Waals surface area contributed by atoms with Crippen LogP contribution in [0.3, 0.4) is 0 Å². The Labute approximate surface area is 200 Å². The number of fused-ring (bicyclic) bond motifs is 6. The molecule has 0 radical (unpaired) electrons. The van der Waals surface area contributed by atoms with Crippen LogP contribution in [0.15, 0.2) is 81.6 Å². The smallest absolute Gasteiger partial charge is 0.160 e. The van der Waals surface area contributed by atoms with Gasteiger partial charge in [0.1, 0.15) is 22.4 Å². The second-order valence-corrected chi connectivity index (χ2v) is 9.11. The molecule has 0 bridgehead atoms. The van der Waals surface area contributed by atoms with Gasteiger partial charge in [-0.1, -0.05) is 42.5 Å². The van der Waals surface area contributed by atoms with Gasteiger partial charge < -0.3 is 35.4 Å². The van der Waals surface area contributed by atoms with Crippen LogP contribution >= 0.6 is 0 Å². The number of furan rings is 2. The lowest BCUT2D eigenvalue weighted by Gasteiger charge is -2.36. The second-order valence-electron chi connectivity index (χ2n) is 9.11. The highest BCUT2D eigenvalue weighted by Gasteiger charge is 2.39.